The van der Waals surface area contributed by atoms with Crippen LogP contribution in [0.3, 0.4) is 0 Å². The van der Waals surface area contributed by atoms with Gasteiger partial charge in [-0.1, -0.05) is 22.5 Å². The van der Waals surface area contributed by atoms with Crippen LogP contribution in [0.5, 0.6) is 0 Å². The van der Waals surface area contributed by atoms with Gasteiger partial charge in [-0.25, -0.2) is 4.79 Å². The fourth-order valence-corrected chi connectivity index (χ4v) is 0.507. The zero-order chi connectivity index (χ0) is 10.5. The molecule has 1 N–H and O–H groups in total. The molecule has 0 aliphatic rings. The van der Waals surface area contributed by atoms with Crippen molar-refractivity contribution in [2.45, 2.75) is 6.18 Å². The summed E-state index contributed by atoms with van der Waals surface area (Å²) in [5.74, 6) is 0. The molecule has 3 nitrogen and oxygen atoms in total. The highest BCUT2D eigenvalue weighted by Gasteiger charge is 2.29. The summed E-state index contributed by atoms with van der Waals surface area (Å²) in [5, 5.41) is 2.05. The predicted molar refractivity (Wildman–Crippen MR) is 43.5 cm³/mol. The smallest absolute Gasteiger partial charge is 0.422 e. The number of alkyl halides is 3. The lowest BCUT2D eigenvalue weighted by atomic mass is 10.6. The Hall–Kier alpha value is -0.720. The number of ether oxygens (including phenoxy) is 1. The molecule has 0 aromatic heterocycles. The lowest BCUT2D eigenvalue weighted by Crippen LogP contribution is -2.29. The van der Waals surface area contributed by atoms with Crippen molar-refractivity contribution in [1.82, 2.24) is 5.32 Å². The van der Waals surface area contributed by atoms with Crippen LogP contribution in [0.4, 0.5) is 18.0 Å². The minimum Gasteiger partial charge on any atom is -0.440 e. The summed E-state index contributed by atoms with van der Waals surface area (Å²) >= 11 is 2.91. The molecular formula is C6H7BrF3NO2. The Balaban J connectivity index is 3.58. The van der Waals surface area contributed by atoms with Crippen molar-refractivity contribution >= 4 is 22.0 Å². The summed E-state index contributed by atoms with van der Waals surface area (Å²) in [6.07, 6.45) is -5.62. The van der Waals surface area contributed by atoms with Gasteiger partial charge in [-0.3, -0.25) is 0 Å². The van der Waals surface area contributed by atoms with Crippen LogP contribution in [0.2, 0.25) is 0 Å². The van der Waals surface area contributed by atoms with Crippen molar-refractivity contribution in [3.8, 4) is 0 Å². The van der Waals surface area contributed by atoms with Gasteiger partial charge in [0.1, 0.15) is 0 Å². The van der Waals surface area contributed by atoms with Crippen LogP contribution in [0.15, 0.2) is 11.1 Å². The molecule has 13 heavy (non-hydrogen) atoms. The molecule has 0 aromatic rings. The zero-order valence-corrected chi connectivity index (χ0v) is 8.04. The lowest BCUT2D eigenvalue weighted by Gasteiger charge is -2.08. The maximum Gasteiger partial charge on any atom is 0.422 e. The first-order valence-corrected chi connectivity index (χ1v) is 3.91. The lowest BCUT2D eigenvalue weighted by molar-refractivity contribution is -0.160. The second kappa shape index (κ2) is 5.11. The number of hydrogen-bond donors (Lipinski definition) is 1. The van der Waals surface area contributed by atoms with E-state index < -0.39 is 18.9 Å². The van der Waals surface area contributed by atoms with Crippen LogP contribution in [0, 0.1) is 0 Å². The molecule has 0 unspecified atom stereocenters. The van der Waals surface area contributed by atoms with Gasteiger partial charge < -0.3 is 10.1 Å². The normalized spacial score (nSPS) is 10.8. The van der Waals surface area contributed by atoms with E-state index in [-0.39, 0.29) is 6.54 Å². The number of hydrogen-bond acceptors (Lipinski definition) is 2. The Morgan fingerprint density at radius 2 is 2.08 bits per heavy atom. The van der Waals surface area contributed by atoms with Gasteiger partial charge in [-0.15, -0.1) is 0 Å². The molecule has 7 heteroatoms. The van der Waals surface area contributed by atoms with Crippen LogP contribution in [-0.2, 0) is 4.74 Å². The minimum atomic E-state index is -4.50. The van der Waals surface area contributed by atoms with Crippen LogP contribution in [0.1, 0.15) is 0 Å². The first kappa shape index (κ1) is 12.3. The van der Waals surface area contributed by atoms with Crippen molar-refractivity contribution in [3.05, 3.63) is 11.1 Å². The highest BCUT2D eigenvalue weighted by atomic mass is 79.9. The van der Waals surface area contributed by atoms with E-state index >= 15 is 0 Å². The minimum absolute atomic E-state index is 0.0245. The first-order chi connectivity index (χ1) is 5.81. The molecule has 0 aliphatic carbocycles. The second-order valence-corrected chi connectivity index (χ2v) is 3.18. The number of amides is 1. The molecule has 0 atom stereocenters. The third-order valence-electron chi connectivity index (χ3n) is 0.791. The average Bonchev–Trinajstić information content (AvgIpc) is 1.95. The van der Waals surface area contributed by atoms with E-state index in [4.69, 9.17) is 0 Å². The molecule has 0 rings (SSSR count). The maximum atomic E-state index is 11.5. The first-order valence-electron chi connectivity index (χ1n) is 3.12. The molecule has 0 aromatic carbocycles. The number of carbonyl (C=O) groups is 1. The number of alkyl carbamates (subject to hydrolysis) is 1. The van der Waals surface area contributed by atoms with E-state index in [9.17, 15) is 18.0 Å². The van der Waals surface area contributed by atoms with Crippen LogP contribution in [0.25, 0.3) is 0 Å². The predicted octanol–water partition coefficient (Wildman–Crippen LogP) is 2.18. The molecular weight excluding hydrogens is 255 g/mol. The largest absolute Gasteiger partial charge is 0.440 e. The fraction of sp³-hybridized carbons (Fsp3) is 0.500. The highest BCUT2D eigenvalue weighted by Crippen LogP contribution is 2.14. The summed E-state index contributed by atoms with van der Waals surface area (Å²) in [5.41, 5.74) is 0. The quantitative estimate of drug-likeness (QED) is 0.846. The van der Waals surface area contributed by atoms with Crippen molar-refractivity contribution < 1.29 is 22.7 Å². The van der Waals surface area contributed by atoms with Gasteiger partial charge in [-0.05, 0) is 0 Å². The van der Waals surface area contributed by atoms with Gasteiger partial charge in [0.05, 0.1) is 6.54 Å². The van der Waals surface area contributed by atoms with E-state index in [1.165, 1.54) is 0 Å². The van der Waals surface area contributed by atoms with Crippen LogP contribution in [-0.4, -0.2) is 25.4 Å². The number of nitrogens with one attached hydrogen (secondary N) is 1. The van der Waals surface area contributed by atoms with Gasteiger partial charge in [0.15, 0.2) is 6.61 Å². The molecule has 0 bridgehead atoms. The van der Waals surface area contributed by atoms with Crippen LogP contribution < -0.4 is 5.32 Å². The Bertz CT molecular complexity index is 205. The van der Waals surface area contributed by atoms with E-state index in [0.717, 1.165) is 0 Å². The van der Waals surface area contributed by atoms with E-state index in [1.54, 1.807) is 0 Å². The average molecular weight is 262 g/mol. The molecule has 0 fully saturated rings. The van der Waals surface area contributed by atoms with E-state index in [2.05, 4.69) is 27.2 Å². The molecule has 0 radical (unpaired) electrons. The Morgan fingerprint density at radius 1 is 1.54 bits per heavy atom. The molecule has 0 saturated carbocycles. The Labute approximate surface area is 81.1 Å². The van der Waals surface area contributed by atoms with Crippen molar-refractivity contribution in [1.29, 1.82) is 0 Å². The molecule has 0 spiro atoms. The van der Waals surface area contributed by atoms with Gasteiger partial charge in [-0.2, -0.15) is 13.2 Å². The third kappa shape index (κ3) is 9.19. The van der Waals surface area contributed by atoms with Crippen LogP contribution >= 0.6 is 15.9 Å². The van der Waals surface area contributed by atoms with Gasteiger partial charge >= 0.3 is 12.3 Å². The second-order valence-electron chi connectivity index (χ2n) is 2.06. The molecule has 1 amide bonds. The van der Waals surface area contributed by atoms with Crippen molar-refractivity contribution in [2.24, 2.45) is 0 Å². The van der Waals surface area contributed by atoms with E-state index in [0.29, 0.717) is 4.48 Å². The fourth-order valence-electron chi connectivity index (χ4n) is 0.366. The maximum absolute atomic E-state index is 11.5. The van der Waals surface area contributed by atoms with Crippen molar-refractivity contribution in [3.63, 3.8) is 0 Å². The molecule has 0 saturated heterocycles. The van der Waals surface area contributed by atoms with Crippen molar-refractivity contribution in [2.75, 3.05) is 13.2 Å². The highest BCUT2D eigenvalue weighted by molar-refractivity contribution is 9.11. The zero-order valence-electron chi connectivity index (χ0n) is 6.45. The third-order valence-corrected chi connectivity index (χ3v) is 1.07. The Kier molecular flexibility index (Phi) is 4.82. The molecule has 0 aliphatic heterocycles. The summed E-state index contributed by atoms with van der Waals surface area (Å²) in [4.78, 5) is 10.5. The Morgan fingerprint density at radius 3 is 2.46 bits per heavy atom. The van der Waals surface area contributed by atoms with Gasteiger partial charge in [0.2, 0.25) is 0 Å². The molecule has 0 heterocycles. The monoisotopic (exact) mass is 261 g/mol. The number of halogens is 4. The summed E-state index contributed by atoms with van der Waals surface area (Å²) in [6, 6.07) is 0. The number of rotatable bonds is 3. The van der Waals surface area contributed by atoms with Gasteiger partial charge in [0, 0.05) is 4.48 Å². The van der Waals surface area contributed by atoms with E-state index in [1.807, 2.05) is 5.32 Å². The summed E-state index contributed by atoms with van der Waals surface area (Å²) in [7, 11) is 0. The standard InChI is InChI=1S/C6H7BrF3NO2/c1-4(7)2-11-5(12)13-3-6(8,9)10/h1-3H2,(H,11,12). The summed E-state index contributed by atoms with van der Waals surface area (Å²) in [6.45, 7) is 1.79. The molecule has 76 valence electrons. The van der Waals surface area contributed by atoms with Gasteiger partial charge in [0.25, 0.3) is 0 Å². The topological polar surface area (TPSA) is 38.3 Å². The number of carbonyl (C=O) groups excluding carboxylic acids is 1. The summed E-state index contributed by atoms with van der Waals surface area (Å²) < 4.78 is 38.7. The SMILES string of the molecule is C=C(Br)CNC(=O)OCC(F)(F)F.